The quantitative estimate of drug-likeness (QED) is 0.115. The zero-order chi connectivity index (χ0) is 26.4. The molecule has 3 aromatic carbocycles. The van der Waals surface area contributed by atoms with Gasteiger partial charge in [0.1, 0.15) is 18.7 Å². The second kappa shape index (κ2) is 11.3. The highest BCUT2D eigenvalue weighted by molar-refractivity contribution is 9.10. The molecule has 9 nitrogen and oxygen atoms in total. The lowest BCUT2D eigenvalue weighted by atomic mass is 10.2. The van der Waals surface area contributed by atoms with Gasteiger partial charge in [0.2, 0.25) is 5.91 Å². The minimum atomic E-state index is -0.409. The molecular weight excluding hydrogens is 536 g/mol. The van der Waals surface area contributed by atoms with E-state index in [4.69, 9.17) is 0 Å². The first-order valence-corrected chi connectivity index (χ1v) is 12.3. The van der Waals surface area contributed by atoms with Gasteiger partial charge in [0.25, 0.3) is 5.69 Å². The van der Waals surface area contributed by atoms with Gasteiger partial charge in [0.05, 0.1) is 31.1 Å². The number of halogens is 1. The average molecular weight is 562 g/mol. The molecule has 0 saturated heterocycles. The molecule has 4 aromatic rings. The first-order valence-electron chi connectivity index (χ1n) is 11.5. The van der Waals surface area contributed by atoms with Crippen molar-refractivity contribution >= 4 is 55.6 Å². The summed E-state index contributed by atoms with van der Waals surface area (Å²) in [7, 11) is 4.07. The van der Waals surface area contributed by atoms with E-state index in [9.17, 15) is 14.9 Å². The fourth-order valence-electron chi connectivity index (χ4n) is 3.85. The summed E-state index contributed by atoms with van der Waals surface area (Å²) in [6.45, 7) is 1.28. The van der Waals surface area contributed by atoms with E-state index in [1.165, 1.54) is 24.5 Å². The number of nitro groups is 1. The Morgan fingerprint density at radius 3 is 2.57 bits per heavy atom. The Morgan fingerprint density at radius 1 is 1.05 bits per heavy atom. The number of likely N-dealkylation sites (N-methyl/N-ethyl adjacent to an activating group) is 1. The molecule has 1 heterocycles. The van der Waals surface area contributed by atoms with Crippen LogP contribution in [0.2, 0.25) is 0 Å². The molecule has 2 N–H and O–H groups in total. The molecule has 10 heteroatoms. The van der Waals surface area contributed by atoms with Crippen LogP contribution in [0.15, 0.2) is 89.7 Å². The van der Waals surface area contributed by atoms with Crippen molar-refractivity contribution in [2.45, 2.75) is 6.54 Å². The summed E-state index contributed by atoms with van der Waals surface area (Å²) >= 11 is 3.47. The molecule has 37 heavy (non-hydrogen) atoms. The molecule has 0 saturated carbocycles. The SMILES string of the molecule is C[N+](C)(CC=CC(=O)Nc1ccc2ncnc(Nc3cccc(Br)c3)c2c1)Cc1ccc([N+](=O)[O-])cc1. The van der Waals surface area contributed by atoms with Crippen molar-refractivity contribution < 1.29 is 14.2 Å². The molecule has 0 spiro atoms. The third-order valence-electron chi connectivity index (χ3n) is 5.62. The number of benzene rings is 3. The average Bonchev–Trinajstić information content (AvgIpc) is 2.84. The maximum Gasteiger partial charge on any atom is 0.269 e. The molecule has 0 fully saturated rings. The number of nitrogens with one attached hydrogen (secondary N) is 2. The number of anilines is 3. The number of fused-ring (bicyclic) bond motifs is 1. The number of nitro benzene ring substituents is 1. The van der Waals surface area contributed by atoms with Gasteiger partial charge in [-0.25, -0.2) is 9.97 Å². The second-order valence-corrected chi connectivity index (χ2v) is 10.1. The predicted molar refractivity (Wildman–Crippen MR) is 149 cm³/mol. The molecule has 0 radical (unpaired) electrons. The topological polar surface area (TPSA) is 110 Å². The number of carbonyl (C=O) groups is 1. The second-order valence-electron chi connectivity index (χ2n) is 9.18. The Kier molecular flexibility index (Phi) is 7.90. The third kappa shape index (κ3) is 7.18. The van der Waals surface area contributed by atoms with Crippen molar-refractivity contribution in [2.24, 2.45) is 0 Å². The maximum atomic E-state index is 12.6. The summed E-state index contributed by atoms with van der Waals surface area (Å²) in [6.07, 6.45) is 4.84. The highest BCUT2D eigenvalue weighted by atomic mass is 79.9. The number of carbonyl (C=O) groups excluding carboxylic acids is 1. The molecule has 0 aliphatic heterocycles. The lowest BCUT2D eigenvalue weighted by Gasteiger charge is -2.28. The number of hydrogen-bond donors (Lipinski definition) is 2. The van der Waals surface area contributed by atoms with Crippen molar-refractivity contribution in [1.29, 1.82) is 0 Å². The Hall–Kier alpha value is -4.15. The summed E-state index contributed by atoms with van der Waals surface area (Å²) in [5.41, 5.74) is 3.32. The van der Waals surface area contributed by atoms with Crippen LogP contribution in [-0.4, -0.2) is 45.9 Å². The zero-order valence-electron chi connectivity index (χ0n) is 20.4. The molecule has 0 bridgehead atoms. The van der Waals surface area contributed by atoms with E-state index in [2.05, 4.69) is 36.5 Å². The number of quaternary nitrogens is 1. The highest BCUT2D eigenvalue weighted by Crippen LogP contribution is 2.27. The van der Waals surface area contributed by atoms with E-state index in [1.807, 2.05) is 56.6 Å². The molecule has 1 aromatic heterocycles. The van der Waals surface area contributed by atoms with Gasteiger partial charge in [-0.05, 0) is 54.6 Å². The minimum Gasteiger partial charge on any atom is -0.340 e. The van der Waals surface area contributed by atoms with Gasteiger partial charge in [-0.15, -0.1) is 0 Å². The van der Waals surface area contributed by atoms with Crippen molar-refractivity contribution in [1.82, 2.24) is 9.97 Å². The molecule has 4 rings (SSSR count). The van der Waals surface area contributed by atoms with E-state index < -0.39 is 4.92 Å². The smallest absolute Gasteiger partial charge is 0.269 e. The first-order chi connectivity index (χ1) is 17.7. The van der Waals surface area contributed by atoms with Crippen LogP contribution in [0, 0.1) is 10.1 Å². The number of aromatic nitrogens is 2. The van der Waals surface area contributed by atoms with Gasteiger partial charge >= 0.3 is 0 Å². The predicted octanol–water partition coefficient (Wildman–Crippen LogP) is 5.82. The van der Waals surface area contributed by atoms with E-state index >= 15 is 0 Å². The first kappa shape index (κ1) is 25.9. The van der Waals surface area contributed by atoms with E-state index in [-0.39, 0.29) is 11.6 Å². The van der Waals surface area contributed by atoms with E-state index in [0.29, 0.717) is 29.1 Å². The van der Waals surface area contributed by atoms with Gasteiger partial charge in [0, 0.05) is 45.0 Å². The molecule has 1 amide bonds. The minimum absolute atomic E-state index is 0.0712. The molecular formula is C27H26BrN6O3+. The van der Waals surface area contributed by atoms with Crippen molar-refractivity contribution in [3.63, 3.8) is 0 Å². The fourth-order valence-corrected chi connectivity index (χ4v) is 4.25. The van der Waals surface area contributed by atoms with Crippen LogP contribution >= 0.6 is 15.9 Å². The third-order valence-corrected chi connectivity index (χ3v) is 6.11. The Labute approximate surface area is 222 Å². The van der Waals surface area contributed by atoms with Gasteiger partial charge in [-0.2, -0.15) is 0 Å². The summed E-state index contributed by atoms with van der Waals surface area (Å²) in [5, 5.41) is 17.8. The van der Waals surface area contributed by atoms with Crippen molar-refractivity contribution in [3.05, 3.63) is 105 Å². The van der Waals surface area contributed by atoms with Crippen molar-refractivity contribution in [3.8, 4) is 0 Å². The molecule has 188 valence electrons. The summed E-state index contributed by atoms with van der Waals surface area (Å²) < 4.78 is 1.53. The summed E-state index contributed by atoms with van der Waals surface area (Å²) in [6, 6.07) is 19.8. The zero-order valence-corrected chi connectivity index (χ0v) is 22.0. The molecule has 0 atom stereocenters. The monoisotopic (exact) mass is 561 g/mol. The molecule has 0 aliphatic carbocycles. The van der Waals surface area contributed by atoms with Crippen LogP contribution in [0.3, 0.4) is 0 Å². The largest absolute Gasteiger partial charge is 0.340 e. The van der Waals surface area contributed by atoms with Gasteiger partial charge in [-0.3, -0.25) is 14.9 Å². The van der Waals surface area contributed by atoms with Crippen LogP contribution in [0.4, 0.5) is 22.9 Å². The number of amides is 1. The van der Waals surface area contributed by atoms with Gasteiger partial charge in [0.15, 0.2) is 0 Å². The summed E-state index contributed by atoms with van der Waals surface area (Å²) in [5.74, 6) is 0.396. The fraction of sp³-hybridized carbons (Fsp3) is 0.148. The standard InChI is InChI=1S/C27H25BrN6O3/c1-34(2,17-19-8-11-23(12-9-19)33(36)37)14-4-7-26(35)31-22-10-13-25-24(16-22)27(30-18-29-25)32-21-6-3-5-20(28)15-21/h3-13,15-16,18H,14,17H2,1-2H3,(H-,29,30,31,32,35)/p+1. The Balaban J connectivity index is 1.39. The number of non-ortho nitro benzene ring substituents is 1. The number of hydrogen-bond acceptors (Lipinski definition) is 6. The Morgan fingerprint density at radius 2 is 1.84 bits per heavy atom. The van der Waals surface area contributed by atoms with Crippen LogP contribution in [0.25, 0.3) is 10.9 Å². The maximum absolute atomic E-state index is 12.6. The van der Waals surface area contributed by atoms with Crippen molar-refractivity contribution in [2.75, 3.05) is 31.3 Å². The lowest BCUT2D eigenvalue weighted by molar-refractivity contribution is -0.897. The van der Waals surface area contributed by atoms with Crippen LogP contribution in [-0.2, 0) is 11.3 Å². The van der Waals surface area contributed by atoms with E-state index in [0.717, 1.165) is 26.6 Å². The van der Waals surface area contributed by atoms with E-state index in [1.54, 1.807) is 18.2 Å². The van der Waals surface area contributed by atoms with Crippen LogP contribution in [0.1, 0.15) is 5.56 Å². The van der Waals surface area contributed by atoms with Crippen LogP contribution in [0.5, 0.6) is 0 Å². The van der Waals surface area contributed by atoms with Gasteiger partial charge < -0.3 is 15.1 Å². The lowest BCUT2D eigenvalue weighted by Crippen LogP contribution is -2.38. The van der Waals surface area contributed by atoms with Gasteiger partial charge in [-0.1, -0.05) is 22.0 Å². The molecule has 0 aliphatic rings. The van der Waals surface area contributed by atoms with Crippen LogP contribution < -0.4 is 10.6 Å². The molecule has 0 unspecified atom stereocenters. The normalized spacial score (nSPS) is 11.5. The number of rotatable bonds is 9. The number of nitrogens with zero attached hydrogens (tertiary/aromatic N) is 4. The Bertz CT molecular complexity index is 1470. The highest BCUT2D eigenvalue weighted by Gasteiger charge is 2.15. The summed E-state index contributed by atoms with van der Waals surface area (Å²) in [4.78, 5) is 31.7.